The van der Waals surface area contributed by atoms with E-state index in [1.165, 1.54) is 12.8 Å². The average Bonchev–Trinajstić information content (AvgIpc) is 2.96. The van der Waals surface area contributed by atoms with Gasteiger partial charge in [-0.25, -0.2) is 0 Å². The highest BCUT2D eigenvalue weighted by Crippen LogP contribution is 2.33. The third-order valence-corrected chi connectivity index (χ3v) is 5.05. The fourth-order valence-corrected chi connectivity index (χ4v) is 4.08. The molecule has 2 atom stereocenters. The number of nitrogens with zero attached hydrogens (tertiary/aromatic N) is 2. The molecule has 4 heteroatoms. The summed E-state index contributed by atoms with van der Waals surface area (Å²) in [7, 11) is 0. The Bertz CT molecular complexity index is 376. The Balaban J connectivity index is 1.88. The summed E-state index contributed by atoms with van der Waals surface area (Å²) >= 11 is 0. The van der Waals surface area contributed by atoms with Crippen LogP contribution in [0.5, 0.6) is 0 Å². The van der Waals surface area contributed by atoms with Crippen molar-refractivity contribution in [2.45, 2.75) is 76.4 Å². The molecule has 3 rings (SSSR count). The maximum absolute atomic E-state index is 12.8. The summed E-state index contributed by atoms with van der Waals surface area (Å²) in [6, 6.07) is -0.0138. The smallest absolute Gasteiger partial charge is 0.246 e. The van der Waals surface area contributed by atoms with E-state index in [-0.39, 0.29) is 23.9 Å². The third kappa shape index (κ3) is 2.05. The molecule has 2 unspecified atom stereocenters. The standard InChI is InChI=1S/C15H24N2O2/c1-2-12-14(18)16-10-6-5-9-13(16)15(19)17(12)11-7-3-4-8-11/h11-13H,2-10H2,1H3. The minimum atomic E-state index is -0.190. The van der Waals surface area contributed by atoms with Crippen LogP contribution in [0.15, 0.2) is 0 Å². The lowest BCUT2D eigenvalue weighted by atomic mass is 9.93. The number of hydrogen-bond acceptors (Lipinski definition) is 2. The van der Waals surface area contributed by atoms with Gasteiger partial charge in [0.1, 0.15) is 12.1 Å². The Morgan fingerprint density at radius 2 is 1.68 bits per heavy atom. The maximum Gasteiger partial charge on any atom is 0.246 e. The van der Waals surface area contributed by atoms with Crippen molar-refractivity contribution in [1.82, 2.24) is 9.80 Å². The molecule has 0 aromatic carbocycles. The Labute approximate surface area is 115 Å². The minimum Gasteiger partial charge on any atom is -0.329 e. The van der Waals surface area contributed by atoms with Crippen molar-refractivity contribution in [3.05, 3.63) is 0 Å². The molecule has 106 valence electrons. The second kappa shape index (κ2) is 5.14. The van der Waals surface area contributed by atoms with Gasteiger partial charge in [0.2, 0.25) is 11.8 Å². The van der Waals surface area contributed by atoms with Gasteiger partial charge in [-0.05, 0) is 38.5 Å². The third-order valence-electron chi connectivity index (χ3n) is 5.05. The number of piperidine rings is 1. The molecule has 2 amide bonds. The summed E-state index contributed by atoms with van der Waals surface area (Å²) in [5, 5.41) is 0. The highest BCUT2D eigenvalue weighted by Gasteiger charge is 2.48. The number of hydrogen-bond donors (Lipinski definition) is 0. The first kappa shape index (κ1) is 12.9. The molecule has 0 bridgehead atoms. The molecule has 19 heavy (non-hydrogen) atoms. The van der Waals surface area contributed by atoms with E-state index >= 15 is 0 Å². The molecular weight excluding hydrogens is 240 g/mol. The molecule has 0 aromatic rings. The molecule has 3 aliphatic rings. The molecule has 3 fully saturated rings. The van der Waals surface area contributed by atoms with Crippen molar-refractivity contribution >= 4 is 11.8 Å². The molecule has 0 spiro atoms. The quantitative estimate of drug-likeness (QED) is 0.764. The lowest BCUT2D eigenvalue weighted by Crippen LogP contribution is -2.67. The first-order valence-corrected chi connectivity index (χ1v) is 7.86. The fraction of sp³-hybridized carbons (Fsp3) is 0.867. The van der Waals surface area contributed by atoms with E-state index < -0.39 is 0 Å². The van der Waals surface area contributed by atoms with Crippen LogP contribution in [0.4, 0.5) is 0 Å². The van der Waals surface area contributed by atoms with Gasteiger partial charge in [0, 0.05) is 12.6 Å². The van der Waals surface area contributed by atoms with Crippen molar-refractivity contribution in [1.29, 1.82) is 0 Å². The van der Waals surface area contributed by atoms with Gasteiger partial charge >= 0.3 is 0 Å². The van der Waals surface area contributed by atoms with Crippen molar-refractivity contribution in [3.8, 4) is 0 Å². The zero-order valence-electron chi connectivity index (χ0n) is 11.8. The number of piperazine rings is 1. The Kier molecular flexibility index (Phi) is 3.50. The van der Waals surface area contributed by atoms with Gasteiger partial charge in [0.05, 0.1) is 0 Å². The molecule has 0 N–H and O–H groups in total. The minimum absolute atomic E-state index is 0.148. The number of carbonyl (C=O) groups is 2. The van der Waals surface area contributed by atoms with E-state index in [4.69, 9.17) is 0 Å². The normalized spacial score (nSPS) is 32.9. The lowest BCUT2D eigenvalue weighted by molar-refractivity contribution is -0.166. The van der Waals surface area contributed by atoms with E-state index in [2.05, 4.69) is 0 Å². The monoisotopic (exact) mass is 264 g/mol. The van der Waals surface area contributed by atoms with E-state index in [0.717, 1.165) is 45.1 Å². The topological polar surface area (TPSA) is 40.6 Å². The van der Waals surface area contributed by atoms with Crippen molar-refractivity contribution in [2.75, 3.05) is 6.54 Å². The predicted molar refractivity (Wildman–Crippen MR) is 72.5 cm³/mol. The highest BCUT2D eigenvalue weighted by molar-refractivity contribution is 5.97. The zero-order valence-corrected chi connectivity index (χ0v) is 11.8. The van der Waals surface area contributed by atoms with Crippen LogP contribution >= 0.6 is 0 Å². The highest BCUT2D eigenvalue weighted by atomic mass is 16.2. The van der Waals surface area contributed by atoms with Gasteiger partial charge in [-0.15, -0.1) is 0 Å². The summed E-state index contributed by atoms with van der Waals surface area (Å²) < 4.78 is 0. The van der Waals surface area contributed by atoms with Crippen LogP contribution in [-0.4, -0.2) is 46.3 Å². The van der Waals surface area contributed by atoms with Crippen LogP contribution in [0.2, 0.25) is 0 Å². The van der Waals surface area contributed by atoms with Gasteiger partial charge in [-0.2, -0.15) is 0 Å². The lowest BCUT2D eigenvalue weighted by Gasteiger charge is -2.49. The van der Waals surface area contributed by atoms with Gasteiger partial charge < -0.3 is 9.80 Å². The number of amides is 2. The molecule has 2 saturated heterocycles. The molecular formula is C15H24N2O2. The van der Waals surface area contributed by atoms with Crippen LogP contribution in [0, 0.1) is 0 Å². The fourth-order valence-electron chi connectivity index (χ4n) is 4.08. The van der Waals surface area contributed by atoms with Crippen molar-refractivity contribution in [3.63, 3.8) is 0 Å². The molecule has 0 radical (unpaired) electrons. The molecule has 1 aliphatic carbocycles. The van der Waals surface area contributed by atoms with Crippen LogP contribution in [0.3, 0.4) is 0 Å². The van der Waals surface area contributed by atoms with Crippen LogP contribution in [0.25, 0.3) is 0 Å². The summed E-state index contributed by atoms with van der Waals surface area (Å²) in [6.07, 6.45) is 8.32. The van der Waals surface area contributed by atoms with Crippen LogP contribution in [-0.2, 0) is 9.59 Å². The Morgan fingerprint density at radius 3 is 2.37 bits per heavy atom. The second-order valence-electron chi connectivity index (χ2n) is 6.15. The molecule has 2 heterocycles. The van der Waals surface area contributed by atoms with Crippen LogP contribution in [0.1, 0.15) is 58.3 Å². The Morgan fingerprint density at radius 1 is 1.00 bits per heavy atom. The van der Waals surface area contributed by atoms with Gasteiger partial charge in [-0.3, -0.25) is 9.59 Å². The maximum atomic E-state index is 12.8. The summed E-state index contributed by atoms with van der Waals surface area (Å²) in [4.78, 5) is 29.3. The predicted octanol–water partition coefficient (Wildman–Crippen LogP) is 1.93. The van der Waals surface area contributed by atoms with Crippen molar-refractivity contribution in [2.24, 2.45) is 0 Å². The van der Waals surface area contributed by atoms with Gasteiger partial charge in [-0.1, -0.05) is 19.8 Å². The SMILES string of the molecule is CCC1C(=O)N2CCCCC2C(=O)N1C1CCCC1. The van der Waals surface area contributed by atoms with E-state index in [0.29, 0.717) is 6.04 Å². The van der Waals surface area contributed by atoms with Crippen molar-refractivity contribution < 1.29 is 9.59 Å². The largest absolute Gasteiger partial charge is 0.329 e. The average molecular weight is 264 g/mol. The summed E-state index contributed by atoms with van der Waals surface area (Å²) in [6.45, 7) is 2.81. The molecule has 2 aliphatic heterocycles. The van der Waals surface area contributed by atoms with E-state index in [1.54, 1.807) is 0 Å². The number of carbonyl (C=O) groups excluding carboxylic acids is 2. The molecule has 4 nitrogen and oxygen atoms in total. The first-order chi connectivity index (χ1) is 9.24. The van der Waals surface area contributed by atoms with Gasteiger partial charge in [0.15, 0.2) is 0 Å². The number of fused-ring (bicyclic) bond motifs is 1. The first-order valence-electron chi connectivity index (χ1n) is 7.86. The Hall–Kier alpha value is -1.06. The van der Waals surface area contributed by atoms with E-state index in [1.807, 2.05) is 16.7 Å². The number of rotatable bonds is 2. The zero-order chi connectivity index (χ0) is 13.4. The second-order valence-corrected chi connectivity index (χ2v) is 6.15. The van der Waals surface area contributed by atoms with Crippen LogP contribution < -0.4 is 0 Å². The van der Waals surface area contributed by atoms with Gasteiger partial charge in [0.25, 0.3) is 0 Å². The molecule has 1 saturated carbocycles. The van der Waals surface area contributed by atoms with E-state index in [9.17, 15) is 9.59 Å². The summed E-state index contributed by atoms with van der Waals surface area (Å²) in [5.41, 5.74) is 0. The molecule has 0 aromatic heterocycles. The summed E-state index contributed by atoms with van der Waals surface area (Å²) in [5.74, 6) is 0.441.